The highest BCUT2D eigenvalue weighted by molar-refractivity contribution is 5.36. The lowest BCUT2D eigenvalue weighted by atomic mass is 10.3. The van der Waals surface area contributed by atoms with Gasteiger partial charge in [-0.15, -0.1) is 0 Å². The van der Waals surface area contributed by atoms with Crippen molar-refractivity contribution in [2.24, 2.45) is 0 Å². The van der Waals surface area contributed by atoms with Crippen LogP contribution in [0.3, 0.4) is 0 Å². The normalized spacial score (nSPS) is 10.8. The Balaban J connectivity index is 1.97. The molecule has 0 bridgehead atoms. The SMILES string of the molecule is CCn1cc(CNc2cc(C)n(CC)n2)cn1. The molecule has 17 heavy (non-hydrogen) atoms. The van der Waals surface area contributed by atoms with Gasteiger partial charge in [0.05, 0.1) is 6.20 Å². The molecule has 0 fully saturated rings. The molecule has 0 amide bonds. The standard InChI is InChI=1S/C12H19N5/c1-4-16-9-11(8-14-16)7-13-12-6-10(3)17(5-2)15-12/h6,8-9H,4-5,7H2,1-3H3,(H,13,15). The predicted molar refractivity (Wildman–Crippen MR) is 67.9 cm³/mol. The number of hydrogen-bond donors (Lipinski definition) is 1. The minimum atomic E-state index is 0.764. The van der Waals surface area contributed by atoms with Gasteiger partial charge in [0.25, 0.3) is 0 Å². The Morgan fingerprint density at radius 2 is 2.12 bits per heavy atom. The molecule has 0 unspecified atom stereocenters. The molecule has 2 heterocycles. The summed E-state index contributed by atoms with van der Waals surface area (Å²) in [7, 11) is 0. The molecule has 1 N–H and O–H groups in total. The molecule has 0 radical (unpaired) electrons. The number of aromatic nitrogens is 4. The van der Waals surface area contributed by atoms with Crippen LogP contribution < -0.4 is 5.32 Å². The summed E-state index contributed by atoms with van der Waals surface area (Å²) in [5, 5.41) is 12.0. The number of hydrogen-bond acceptors (Lipinski definition) is 3. The zero-order valence-corrected chi connectivity index (χ0v) is 10.6. The van der Waals surface area contributed by atoms with Crippen molar-refractivity contribution in [2.45, 2.75) is 40.4 Å². The van der Waals surface area contributed by atoms with Gasteiger partial charge in [-0.1, -0.05) is 0 Å². The van der Waals surface area contributed by atoms with Crippen molar-refractivity contribution in [1.82, 2.24) is 19.6 Å². The topological polar surface area (TPSA) is 47.7 Å². The fourth-order valence-electron chi connectivity index (χ4n) is 1.78. The van der Waals surface area contributed by atoms with Crippen molar-refractivity contribution in [1.29, 1.82) is 0 Å². The summed E-state index contributed by atoms with van der Waals surface area (Å²) in [4.78, 5) is 0. The van der Waals surface area contributed by atoms with E-state index >= 15 is 0 Å². The fourth-order valence-corrected chi connectivity index (χ4v) is 1.78. The summed E-state index contributed by atoms with van der Waals surface area (Å²) in [6.45, 7) is 8.81. The molecule has 0 aliphatic heterocycles. The number of nitrogens with zero attached hydrogens (tertiary/aromatic N) is 4. The van der Waals surface area contributed by atoms with E-state index < -0.39 is 0 Å². The first-order chi connectivity index (χ1) is 8.22. The lowest BCUT2D eigenvalue weighted by Gasteiger charge is -2.00. The first kappa shape index (κ1) is 11.7. The first-order valence-electron chi connectivity index (χ1n) is 6.02. The van der Waals surface area contributed by atoms with Gasteiger partial charge in [0.1, 0.15) is 5.82 Å². The van der Waals surface area contributed by atoms with Crippen molar-refractivity contribution >= 4 is 5.82 Å². The highest BCUT2D eigenvalue weighted by Gasteiger charge is 2.03. The van der Waals surface area contributed by atoms with Crippen molar-refractivity contribution in [2.75, 3.05) is 5.32 Å². The minimum Gasteiger partial charge on any atom is -0.364 e. The van der Waals surface area contributed by atoms with Crippen molar-refractivity contribution in [3.8, 4) is 0 Å². The van der Waals surface area contributed by atoms with Crippen LogP contribution >= 0.6 is 0 Å². The second kappa shape index (κ2) is 5.03. The smallest absolute Gasteiger partial charge is 0.148 e. The Labute approximate surface area is 101 Å². The average Bonchev–Trinajstić information content (AvgIpc) is 2.92. The maximum Gasteiger partial charge on any atom is 0.148 e. The van der Waals surface area contributed by atoms with E-state index in [0.717, 1.165) is 25.5 Å². The Morgan fingerprint density at radius 3 is 2.71 bits per heavy atom. The maximum atomic E-state index is 4.45. The van der Waals surface area contributed by atoms with Crippen LogP contribution in [-0.2, 0) is 19.6 Å². The molecule has 2 aromatic heterocycles. The number of anilines is 1. The zero-order valence-electron chi connectivity index (χ0n) is 10.6. The summed E-state index contributed by atoms with van der Waals surface area (Å²) in [6, 6.07) is 2.06. The zero-order chi connectivity index (χ0) is 12.3. The Bertz CT molecular complexity index is 483. The monoisotopic (exact) mass is 233 g/mol. The number of rotatable bonds is 5. The van der Waals surface area contributed by atoms with Gasteiger partial charge in [-0.25, -0.2) is 0 Å². The molecule has 5 nitrogen and oxygen atoms in total. The third-order valence-electron chi connectivity index (χ3n) is 2.77. The summed E-state index contributed by atoms with van der Waals surface area (Å²) in [5.74, 6) is 0.925. The van der Waals surface area contributed by atoms with E-state index in [2.05, 4.69) is 48.5 Å². The van der Waals surface area contributed by atoms with Gasteiger partial charge in [0.15, 0.2) is 0 Å². The molecule has 92 valence electrons. The van der Waals surface area contributed by atoms with E-state index in [1.54, 1.807) is 0 Å². The van der Waals surface area contributed by atoms with E-state index in [1.807, 2.05) is 15.6 Å². The predicted octanol–water partition coefficient (Wildman–Crippen LogP) is 2.04. The van der Waals surface area contributed by atoms with E-state index in [4.69, 9.17) is 0 Å². The van der Waals surface area contributed by atoms with E-state index in [0.29, 0.717) is 0 Å². The van der Waals surface area contributed by atoms with Gasteiger partial charge >= 0.3 is 0 Å². The van der Waals surface area contributed by atoms with Gasteiger partial charge in [0.2, 0.25) is 0 Å². The van der Waals surface area contributed by atoms with Crippen LogP contribution in [0.15, 0.2) is 18.5 Å². The summed E-state index contributed by atoms with van der Waals surface area (Å²) < 4.78 is 3.91. The molecule has 0 aliphatic carbocycles. The van der Waals surface area contributed by atoms with Gasteiger partial charge in [-0.3, -0.25) is 9.36 Å². The molecule has 0 spiro atoms. The lowest BCUT2D eigenvalue weighted by Crippen LogP contribution is -2.02. The van der Waals surface area contributed by atoms with Gasteiger partial charge in [-0.05, 0) is 20.8 Å². The quantitative estimate of drug-likeness (QED) is 0.859. The Kier molecular flexibility index (Phi) is 3.46. The number of nitrogens with one attached hydrogen (secondary N) is 1. The Hall–Kier alpha value is -1.78. The lowest BCUT2D eigenvalue weighted by molar-refractivity contribution is 0.641. The van der Waals surface area contributed by atoms with Gasteiger partial charge in [-0.2, -0.15) is 10.2 Å². The van der Waals surface area contributed by atoms with Crippen LogP contribution in [0, 0.1) is 6.92 Å². The van der Waals surface area contributed by atoms with E-state index in [-0.39, 0.29) is 0 Å². The molecule has 0 saturated heterocycles. The largest absolute Gasteiger partial charge is 0.364 e. The van der Waals surface area contributed by atoms with Crippen LogP contribution in [0.5, 0.6) is 0 Å². The summed E-state index contributed by atoms with van der Waals surface area (Å²) >= 11 is 0. The molecular weight excluding hydrogens is 214 g/mol. The van der Waals surface area contributed by atoms with Crippen LogP contribution in [0.4, 0.5) is 5.82 Å². The fraction of sp³-hybridized carbons (Fsp3) is 0.500. The maximum absolute atomic E-state index is 4.45. The molecule has 0 aromatic carbocycles. The molecule has 2 rings (SSSR count). The second-order valence-corrected chi connectivity index (χ2v) is 4.04. The summed E-state index contributed by atoms with van der Waals surface area (Å²) in [5.41, 5.74) is 2.36. The summed E-state index contributed by atoms with van der Waals surface area (Å²) in [6.07, 6.45) is 3.94. The van der Waals surface area contributed by atoms with Gasteiger partial charge < -0.3 is 5.32 Å². The van der Waals surface area contributed by atoms with Crippen molar-refractivity contribution in [3.05, 3.63) is 29.7 Å². The average molecular weight is 233 g/mol. The van der Waals surface area contributed by atoms with Crippen LogP contribution in [0.1, 0.15) is 25.1 Å². The first-order valence-corrected chi connectivity index (χ1v) is 6.02. The Morgan fingerprint density at radius 1 is 1.29 bits per heavy atom. The van der Waals surface area contributed by atoms with Gasteiger partial charge in [0, 0.05) is 43.2 Å². The van der Waals surface area contributed by atoms with Crippen LogP contribution in [-0.4, -0.2) is 19.6 Å². The molecule has 2 aromatic rings. The highest BCUT2D eigenvalue weighted by Crippen LogP contribution is 2.10. The van der Waals surface area contributed by atoms with E-state index in [9.17, 15) is 0 Å². The van der Waals surface area contributed by atoms with Crippen molar-refractivity contribution in [3.63, 3.8) is 0 Å². The third kappa shape index (κ3) is 2.67. The second-order valence-electron chi connectivity index (χ2n) is 4.04. The van der Waals surface area contributed by atoms with E-state index in [1.165, 1.54) is 11.3 Å². The highest BCUT2D eigenvalue weighted by atomic mass is 15.3. The molecular formula is C12H19N5. The molecule has 0 atom stereocenters. The van der Waals surface area contributed by atoms with Crippen molar-refractivity contribution < 1.29 is 0 Å². The van der Waals surface area contributed by atoms with Crippen LogP contribution in [0.2, 0.25) is 0 Å². The molecule has 0 saturated carbocycles. The van der Waals surface area contributed by atoms with Crippen LogP contribution in [0.25, 0.3) is 0 Å². The molecule has 5 heteroatoms. The molecule has 0 aliphatic rings. The minimum absolute atomic E-state index is 0.764. The third-order valence-corrected chi connectivity index (χ3v) is 2.77. The number of aryl methyl sites for hydroxylation is 3.